The van der Waals surface area contributed by atoms with E-state index in [4.69, 9.17) is 10.8 Å². The molecule has 17 heavy (non-hydrogen) atoms. The lowest BCUT2D eigenvalue weighted by atomic mass is 9.84. The minimum Gasteiger partial charge on any atom is -0.330 e. The summed E-state index contributed by atoms with van der Waals surface area (Å²) in [6.45, 7) is 5.19. The number of hydrogen-bond acceptors (Lipinski definition) is 2. The fraction of sp³-hybridized carbons (Fsp3) is 0.786. The van der Waals surface area contributed by atoms with Crippen molar-refractivity contribution in [2.45, 2.75) is 58.4 Å². The molecule has 1 aromatic rings. The molecule has 0 amide bonds. The van der Waals surface area contributed by atoms with Gasteiger partial charge in [-0.15, -0.1) is 0 Å². The third-order valence-corrected chi connectivity index (χ3v) is 4.07. The molecule has 2 rings (SSSR count). The molecule has 0 spiro atoms. The predicted octanol–water partition coefficient (Wildman–Crippen LogP) is 2.70. The molecule has 1 saturated carbocycles. The Kier molecular flexibility index (Phi) is 4.21. The molecule has 3 nitrogen and oxygen atoms in total. The molecule has 1 fully saturated rings. The van der Waals surface area contributed by atoms with Crippen LogP contribution in [0.2, 0.25) is 0 Å². The molecule has 2 atom stereocenters. The van der Waals surface area contributed by atoms with Crippen molar-refractivity contribution >= 4 is 0 Å². The van der Waals surface area contributed by atoms with Gasteiger partial charge < -0.3 is 5.73 Å². The first kappa shape index (κ1) is 12.6. The third-order valence-electron chi connectivity index (χ3n) is 4.07. The SMILES string of the molecule is CCc1cc(CC)n(C2CCCCC2CN)n1. The highest BCUT2D eigenvalue weighted by molar-refractivity contribution is 5.11. The maximum Gasteiger partial charge on any atom is 0.0624 e. The molecular formula is C14H25N3. The van der Waals surface area contributed by atoms with E-state index in [1.165, 1.54) is 37.1 Å². The molecule has 1 aromatic heterocycles. The molecule has 0 aromatic carbocycles. The Morgan fingerprint density at radius 3 is 2.71 bits per heavy atom. The second kappa shape index (κ2) is 5.67. The van der Waals surface area contributed by atoms with Crippen molar-refractivity contribution in [2.75, 3.05) is 6.54 Å². The van der Waals surface area contributed by atoms with Gasteiger partial charge in [-0.05, 0) is 44.2 Å². The first-order chi connectivity index (χ1) is 8.30. The van der Waals surface area contributed by atoms with E-state index in [0.29, 0.717) is 12.0 Å². The van der Waals surface area contributed by atoms with E-state index in [2.05, 4.69) is 24.6 Å². The average molecular weight is 235 g/mol. The van der Waals surface area contributed by atoms with Crippen LogP contribution in [0.4, 0.5) is 0 Å². The van der Waals surface area contributed by atoms with Crippen LogP contribution in [0.5, 0.6) is 0 Å². The van der Waals surface area contributed by atoms with Gasteiger partial charge in [0.15, 0.2) is 0 Å². The number of nitrogens with zero attached hydrogens (tertiary/aromatic N) is 2. The number of aromatic nitrogens is 2. The summed E-state index contributed by atoms with van der Waals surface area (Å²) in [5.41, 5.74) is 8.53. The van der Waals surface area contributed by atoms with Crippen LogP contribution in [0, 0.1) is 5.92 Å². The molecule has 0 bridgehead atoms. The molecule has 0 saturated heterocycles. The largest absolute Gasteiger partial charge is 0.330 e. The van der Waals surface area contributed by atoms with Crippen molar-refractivity contribution < 1.29 is 0 Å². The normalized spacial score (nSPS) is 25.1. The predicted molar refractivity (Wildman–Crippen MR) is 71.0 cm³/mol. The van der Waals surface area contributed by atoms with E-state index in [-0.39, 0.29) is 0 Å². The van der Waals surface area contributed by atoms with Gasteiger partial charge in [0.05, 0.1) is 11.7 Å². The minimum absolute atomic E-state index is 0.545. The highest BCUT2D eigenvalue weighted by Gasteiger charge is 2.27. The Bertz CT molecular complexity index is 356. The first-order valence-electron chi connectivity index (χ1n) is 7.07. The molecule has 2 N–H and O–H groups in total. The van der Waals surface area contributed by atoms with Crippen molar-refractivity contribution in [3.05, 3.63) is 17.5 Å². The Morgan fingerprint density at radius 1 is 1.29 bits per heavy atom. The number of aryl methyl sites for hydroxylation is 2. The lowest BCUT2D eigenvalue weighted by molar-refractivity contribution is 0.224. The fourth-order valence-electron chi connectivity index (χ4n) is 3.00. The van der Waals surface area contributed by atoms with Crippen LogP contribution in [-0.4, -0.2) is 16.3 Å². The van der Waals surface area contributed by atoms with Crippen LogP contribution < -0.4 is 5.73 Å². The van der Waals surface area contributed by atoms with Crippen molar-refractivity contribution in [2.24, 2.45) is 11.7 Å². The topological polar surface area (TPSA) is 43.8 Å². The van der Waals surface area contributed by atoms with Crippen molar-refractivity contribution in [3.8, 4) is 0 Å². The molecule has 0 radical (unpaired) electrons. The van der Waals surface area contributed by atoms with Crippen molar-refractivity contribution in [1.82, 2.24) is 9.78 Å². The van der Waals surface area contributed by atoms with Crippen LogP contribution in [0.3, 0.4) is 0 Å². The van der Waals surface area contributed by atoms with Crippen LogP contribution in [0.15, 0.2) is 6.07 Å². The average Bonchev–Trinajstić information content (AvgIpc) is 2.81. The Labute approximate surface area is 104 Å². The molecule has 96 valence electrons. The zero-order valence-electron chi connectivity index (χ0n) is 11.2. The molecule has 1 aliphatic carbocycles. The molecular weight excluding hydrogens is 210 g/mol. The smallest absolute Gasteiger partial charge is 0.0624 e. The highest BCUT2D eigenvalue weighted by Crippen LogP contribution is 2.34. The molecule has 0 aliphatic heterocycles. The van der Waals surface area contributed by atoms with Gasteiger partial charge in [-0.25, -0.2) is 0 Å². The Balaban J connectivity index is 2.26. The van der Waals surface area contributed by atoms with Gasteiger partial charge in [0, 0.05) is 5.69 Å². The number of rotatable bonds is 4. The van der Waals surface area contributed by atoms with E-state index in [1.807, 2.05) is 0 Å². The summed E-state index contributed by atoms with van der Waals surface area (Å²) in [5, 5.41) is 4.78. The van der Waals surface area contributed by atoms with Crippen LogP contribution >= 0.6 is 0 Å². The zero-order valence-corrected chi connectivity index (χ0v) is 11.2. The molecule has 3 heteroatoms. The van der Waals surface area contributed by atoms with Crippen molar-refractivity contribution in [1.29, 1.82) is 0 Å². The molecule has 1 heterocycles. The lowest BCUT2D eigenvalue weighted by Gasteiger charge is -2.32. The number of hydrogen-bond donors (Lipinski definition) is 1. The summed E-state index contributed by atoms with van der Waals surface area (Å²) in [6, 6.07) is 2.81. The van der Waals surface area contributed by atoms with Gasteiger partial charge in [0.2, 0.25) is 0 Å². The maximum absolute atomic E-state index is 5.92. The quantitative estimate of drug-likeness (QED) is 0.872. The molecule has 2 unspecified atom stereocenters. The summed E-state index contributed by atoms with van der Waals surface area (Å²) < 4.78 is 2.29. The second-order valence-corrected chi connectivity index (χ2v) is 5.13. The third kappa shape index (κ3) is 2.54. The summed E-state index contributed by atoms with van der Waals surface area (Å²) in [6.07, 6.45) is 7.28. The van der Waals surface area contributed by atoms with E-state index in [0.717, 1.165) is 19.4 Å². The van der Waals surface area contributed by atoms with E-state index in [9.17, 15) is 0 Å². The van der Waals surface area contributed by atoms with Crippen LogP contribution in [0.25, 0.3) is 0 Å². The summed E-state index contributed by atoms with van der Waals surface area (Å²) in [4.78, 5) is 0. The van der Waals surface area contributed by atoms with Gasteiger partial charge in [-0.1, -0.05) is 26.7 Å². The lowest BCUT2D eigenvalue weighted by Crippen LogP contribution is -2.30. The van der Waals surface area contributed by atoms with Gasteiger partial charge in [0.25, 0.3) is 0 Å². The molecule has 1 aliphatic rings. The highest BCUT2D eigenvalue weighted by atomic mass is 15.3. The van der Waals surface area contributed by atoms with E-state index in [1.54, 1.807) is 0 Å². The van der Waals surface area contributed by atoms with Gasteiger partial charge in [-0.3, -0.25) is 4.68 Å². The monoisotopic (exact) mass is 235 g/mol. The van der Waals surface area contributed by atoms with Gasteiger partial charge >= 0.3 is 0 Å². The minimum atomic E-state index is 0.545. The van der Waals surface area contributed by atoms with E-state index >= 15 is 0 Å². The number of nitrogens with two attached hydrogens (primary N) is 1. The van der Waals surface area contributed by atoms with Crippen LogP contribution in [0.1, 0.15) is 57.0 Å². The summed E-state index contributed by atoms with van der Waals surface area (Å²) in [7, 11) is 0. The van der Waals surface area contributed by atoms with Gasteiger partial charge in [0.1, 0.15) is 0 Å². The maximum atomic E-state index is 5.92. The second-order valence-electron chi connectivity index (χ2n) is 5.13. The summed E-state index contributed by atoms with van der Waals surface area (Å²) in [5.74, 6) is 0.624. The fourth-order valence-corrected chi connectivity index (χ4v) is 3.00. The Morgan fingerprint density at radius 2 is 2.06 bits per heavy atom. The summed E-state index contributed by atoms with van der Waals surface area (Å²) >= 11 is 0. The Hall–Kier alpha value is -0.830. The van der Waals surface area contributed by atoms with Gasteiger partial charge in [-0.2, -0.15) is 5.10 Å². The zero-order chi connectivity index (χ0) is 12.3. The van der Waals surface area contributed by atoms with Crippen molar-refractivity contribution in [3.63, 3.8) is 0 Å². The standard InChI is InChI=1S/C14H25N3/c1-3-12-9-13(4-2)17(16-12)14-8-6-5-7-11(14)10-15/h9,11,14H,3-8,10,15H2,1-2H3. The van der Waals surface area contributed by atoms with Crippen LogP contribution in [-0.2, 0) is 12.8 Å². The first-order valence-corrected chi connectivity index (χ1v) is 7.07. The van der Waals surface area contributed by atoms with E-state index < -0.39 is 0 Å².